The fourth-order valence-corrected chi connectivity index (χ4v) is 3.51. The molecule has 1 aliphatic heterocycles. The highest BCUT2D eigenvalue weighted by Crippen LogP contribution is 2.44. The van der Waals surface area contributed by atoms with Crippen LogP contribution in [0, 0.1) is 17.8 Å². The molecule has 22 heavy (non-hydrogen) atoms. The molecule has 3 nitrogen and oxygen atoms in total. The number of hydrogen-bond acceptors (Lipinski definition) is 3. The maximum Gasteiger partial charge on any atom is 0.311 e. The van der Waals surface area contributed by atoms with Crippen molar-refractivity contribution in [1.82, 2.24) is 4.90 Å². The van der Waals surface area contributed by atoms with Crippen LogP contribution in [0.4, 0.5) is 0 Å². The molecule has 1 aliphatic carbocycles. The van der Waals surface area contributed by atoms with Gasteiger partial charge in [-0.05, 0) is 51.0 Å². The molecule has 3 rings (SSSR count). The van der Waals surface area contributed by atoms with Crippen LogP contribution in [-0.2, 0) is 16.1 Å². The minimum absolute atomic E-state index is 0.0000355. The molecule has 0 radical (unpaired) electrons. The second-order valence-corrected chi connectivity index (χ2v) is 7.82. The highest BCUT2D eigenvalue weighted by Gasteiger charge is 2.46. The van der Waals surface area contributed by atoms with E-state index < -0.39 is 5.60 Å². The first-order valence-corrected chi connectivity index (χ1v) is 8.41. The molecule has 2 aliphatic rings. The Hall–Kier alpha value is -1.35. The Labute approximate surface area is 133 Å². The summed E-state index contributed by atoms with van der Waals surface area (Å²) in [4.78, 5) is 15.0. The second-order valence-electron chi connectivity index (χ2n) is 7.82. The van der Waals surface area contributed by atoms with Crippen molar-refractivity contribution in [2.75, 3.05) is 13.1 Å². The monoisotopic (exact) mass is 301 g/mol. The van der Waals surface area contributed by atoms with E-state index in [0.717, 1.165) is 25.6 Å². The zero-order chi connectivity index (χ0) is 15.7. The third kappa shape index (κ3) is 3.89. The van der Waals surface area contributed by atoms with Gasteiger partial charge in [-0.3, -0.25) is 9.69 Å². The minimum atomic E-state index is -0.391. The lowest BCUT2D eigenvalue weighted by Crippen LogP contribution is -2.33. The number of benzene rings is 1. The number of hydrogen-bond donors (Lipinski definition) is 0. The zero-order valence-electron chi connectivity index (χ0n) is 13.9. The lowest BCUT2D eigenvalue weighted by Gasteiger charge is -2.24. The van der Waals surface area contributed by atoms with Crippen LogP contribution in [0.15, 0.2) is 30.3 Å². The van der Waals surface area contributed by atoms with Crippen molar-refractivity contribution in [3.8, 4) is 0 Å². The fourth-order valence-electron chi connectivity index (χ4n) is 3.51. The van der Waals surface area contributed by atoms with Crippen molar-refractivity contribution < 1.29 is 9.53 Å². The Kier molecular flexibility index (Phi) is 4.26. The molecule has 0 unspecified atom stereocenters. The first-order valence-electron chi connectivity index (χ1n) is 8.41. The highest BCUT2D eigenvalue weighted by molar-refractivity contribution is 5.74. The molecule has 2 atom stereocenters. The summed E-state index contributed by atoms with van der Waals surface area (Å²) in [5.74, 6) is 1.27. The normalized spacial score (nSPS) is 26.1. The van der Waals surface area contributed by atoms with Crippen LogP contribution in [0.5, 0.6) is 0 Å². The van der Waals surface area contributed by atoms with Crippen molar-refractivity contribution >= 4 is 5.97 Å². The molecule has 1 aromatic rings. The summed E-state index contributed by atoms with van der Waals surface area (Å²) in [7, 11) is 0. The molecular weight excluding hydrogens is 274 g/mol. The van der Waals surface area contributed by atoms with E-state index in [2.05, 4.69) is 29.2 Å². The molecule has 1 aromatic carbocycles. The molecule has 3 heteroatoms. The second kappa shape index (κ2) is 6.04. The van der Waals surface area contributed by atoms with E-state index in [1.165, 1.54) is 18.4 Å². The van der Waals surface area contributed by atoms with Gasteiger partial charge < -0.3 is 4.74 Å². The van der Waals surface area contributed by atoms with Crippen LogP contribution in [0.2, 0.25) is 0 Å². The summed E-state index contributed by atoms with van der Waals surface area (Å²) in [6, 6.07) is 10.5. The van der Waals surface area contributed by atoms with Gasteiger partial charge in [0.1, 0.15) is 5.60 Å². The minimum Gasteiger partial charge on any atom is -0.460 e. The standard InChI is InChI=1S/C19H27NO2/c1-19(2,3)22-18(21)17-13-20(12-16(17)15-9-10-15)11-14-7-5-4-6-8-14/h4-8,15-17H,9-13H2,1-3H3/t16-,17+/m0/s1. The van der Waals surface area contributed by atoms with Gasteiger partial charge in [0.05, 0.1) is 5.92 Å². The van der Waals surface area contributed by atoms with E-state index in [9.17, 15) is 4.79 Å². The molecule has 1 saturated heterocycles. The number of carbonyl (C=O) groups excluding carboxylic acids is 1. The summed E-state index contributed by atoms with van der Waals surface area (Å²) in [6.07, 6.45) is 2.56. The number of rotatable bonds is 4. The first-order chi connectivity index (χ1) is 10.4. The van der Waals surface area contributed by atoms with Crippen LogP contribution in [0.25, 0.3) is 0 Å². The van der Waals surface area contributed by atoms with Gasteiger partial charge in [0.25, 0.3) is 0 Å². The number of nitrogens with zero attached hydrogens (tertiary/aromatic N) is 1. The molecule has 0 bridgehead atoms. The SMILES string of the molecule is CC(C)(C)OC(=O)[C@@H]1CN(Cc2ccccc2)C[C@H]1C1CC1. The van der Waals surface area contributed by atoms with Crippen LogP contribution in [-0.4, -0.2) is 29.6 Å². The molecule has 2 fully saturated rings. The molecule has 1 heterocycles. The highest BCUT2D eigenvalue weighted by atomic mass is 16.6. The Morgan fingerprint density at radius 2 is 1.86 bits per heavy atom. The summed E-state index contributed by atoms with van der Waals surface area (Å²) in [5.41, 5.74) is 0.930. The van der Waals surface area contributed by atoms with E-state index in [-0.39, 0.29) is 11.9 Å². The zero-order valence-corrected chi connectivity index (χ0v) is 13.9. The largest absolute Gasteiger partial charge is 0.460 e. The van der Waals surface area contributed by atoms with E-state index in [1.807, 2.05) is 26.8 Å². The van der Waals surface area contributed by atoms with Crippen LogP contribution < -0.4 is 0 Å². The first kappa shape index (κ1) is 15.5. The van der Waals surface area contributed by atoms with E-state index in [1.54, 1.807) is 0 Å². The van der Waals surface area contributed by atoms with Crippen molar-refractivity contribution in [1.29, 1.82) is 0 Å². The summed E-state index contributed by atoms with van der Waals surface area (Å²) >= 11 is 0. The molecule has 120 valence electrons. The van der Waals surface area contributed by atoms with Crippen LogP contribution in [0.1, 0.15) is 39.2 Å². The Morgan fingerprint density at radius 3 is 2.45 bits per heavy atom. The summed E-state index contributed by atoms with van der Waals surface area (Å²) < 4.78 is 5.66. The Morgan fingerprint density at radius 1 is 1.18 bits per heavy atom. The maximum absolute atomic E-state index is 12.6. The lowest BCUT2D eigenvalue weighted by atomic mass is 9.91. The van der Waals surface area contributed by atoms with Gasteiger partial charge in [-0.1, -0.05) is 30.3 Å². The molecule has 1 saturated carbocycles. The van der Waals surface area contributed by atoms with E-state index >= 15 is 0 Å². The van der Waals surface area contributed by atoms with Crippen molar-refractivity contribution in [2.24, 2.45) is 17.8 Å². The number of esters is 1. The number of ether oxygens (including phenoxy) is 1. The van der Waals surface area contributed by atoms with Gasteiger partial charge in [0, 0.05) is 19.6 Å². The number of likely N-dealkylation sites (tertiary alicyclic amines) is 1. The van der Waals surface area contributed by atoms with Gasteiger partial charge >= 0.3 is 5.97 Å². The molecule has 0 aromatic heterocycles. The average molecular weight is 301 g/mol. The quantitative estimate of drug-likeness (QED) is 0.797. The van der Waals surface area contributed by atoms with Crippen LogP contribution in [0.3, 0.4) is 0 Å². The van der Waals surface area contributed by atoms with E-state index in [0.29, 0.717) is 5.92 Å². The number of carbonyl (C=O) groups is 1. The van der Waals surface area contributed by atoms with Gasteiger partial charge in [-0.2, -0.15) is 0 Å². The predicted octanol–water partition coefficient (Wildman–Crippen LogP) is 3.49. The molecular formula is C19H27NO2. The van der Waals surface area contributed by atoms with Crippen molar-refractivity contribution in [3.63, 3.8) is 0 Å². The fraction of sp³-hybridized carbons (Fsp3) is 0.632. The van der Waals surface area contributed by atoms with Gasteiger partial charge in [0.2, 0.25) is 0 Å². The van der Waals surface area contributed by atoms with Crippen LogP contribution >= 0.6 is 0 Å². The van der Waals surface area contributed by atoms with Crippen molar-refractivity contribution in [2.45, 2.75) is 45.8 Å². The molecule has 0 amide bonds. The summed E-state index contributed by atoms with van der Waals surface area (Å²) in [6.45, 7) is 8.66. The molecule has 0 spiro atoms. The predicted molar refractivity (Wildman–Crippen MR) is 87.3 cm³/mol. The Balaban J connectivity index is 1.66. The molecule has 0 N–H and O–H groups in total. The summed E-state index contributed by atoms with van der Waals surface area (Å²) in [5, 5.41) is 0. The lowest BCUT2D eigenvalue weighted by molar-refractivity contribution is -0.161. The maximum atomic E-state index is 12.6. The average Bonchev–Trinajstić information content (AvgIpc) is 3.19. The van der Waals surface area contributed by atoms with Gasteiger partial charge in [-0.15, -0.1) is 0 Å². The van der Waals surface area contributed by atoms with Crippen molar-refractivity contribution in [3.05, 3.63) is 35.9 Å². The van der Waals surface area contributed by atoms with E-state index in [4.69, 9.17) is 4.74 Å². The van der Waals surface area contributed by atoms with Gasteiger partial charge in [-0.25, -0.2) is 0 Å². The smallest absolute Gasteiger partial charge is 0.311 e. The third-order valence-electron chi connectivity index (χ3n) is 4.63. The van der Waals surface area contributed by atoms with Gasteiger partial charge in [0.15, 0.2) is 0 Å². The Bertz CT molecular complexity index is 516. The third-order valence-corrected chi connectivity index (χ3v) is 4.63. The topological polar surface area (TPSA) is 29.5 Å².